The zero-order chi connectivity index (χ0) is 13.4. The number of fused-ring (bicyclic) bond motifs is 2. The smallest absolute Gasteiger partial charge is 0.164 e. The van der Waals surface area contributed by atoms with Gasteiger partial charge in [-0.15, -0.1) is 0 Å². The lowest BCUT2D eigenvalue weighted by Gasteiger charge is -2.07. The molecule has 6 nitrogen and oxygen atoms in total. The average molecular weight is 262 g/mol. The molecule has 4 aromatic rings. The van der Waals surface area contributed by atoms with Gasteiger partial charge < -0.3 is 5.32 Å². The molecule has 0 bridgehead atoms. The van der Waals surface area contributed by atoms with E-state index in [0.717, 1.165) is 27.8 Å². The minimum atomic E-state index is 0.674. The molecule has 0 aliphatic rings. The van der Waals surface area contributed by atoms with Crippen molar-refractivity contribution in [3.63, 3.8) is 0 Å². The number of rotatable bonds is 2. The summed E-state index contributed by atoms with van der Waals surface area (Å²) >= 11 is 0. The fourth-order valence-corrected chi connectivity index (χ4v) is 2.15. The SMILES string of the molecule is c1cnc2ncnc(Nc3ccc4cn[nH]c4c3)c2c1. The van der Waals surface area contributed by atoms with Crippen LogP contribution in [0.5, 0.6) is 0 Å². The molecule has 0 saturated carbocycles. The molecule has 2 N–H and O–H groups in total. The Labute approximate surface area is 113 Å². The molecule has 0 spiro atoms. The van der Waals surface area contributed by atoms with E-state index < -0.39 is 0 Å². The van der Waals surface area contributed by atoms with Gasteiger partial charge in [0.05, 0.1) is 17.1 Å². The Bertz CT molecular complexity index is 893. The Hall–Kier alpha value is -3.02. The quantitative estimate of drug-likeness (QED) is 0.580. The van der Waals surface area contributed by atoms with Crippen LogP contribution in [0.15, 0.2) is 49.1 Å². The van der Waals surface area contributed by atoms with Gasteiger partial charge in [-0.25, -0.2) is 15.0 Å². The summed E-state index contributed by atoms with van der Waals surface area (Å²) in [7, 11) is 0. The van der Waals surface area contributed by atoms with E-state index in [4.69, 9.17) is 0 Å². The molecule has 0 aliphatic heterocycles. The second-order valence-corrected chi connectivity index (χ2v) is 4.39. The van der Waals surface area contributed by atoms with E-state index >= 15 is 0 Å². The number of nitrogens with zero attached hydrogens (tertiary/aromatic N) is 4. The van der Waals surface area contributed by atoms with Crippen molar-refractivity contribution in [1.82, 2.24) is 25.1 Å². The van der Waals surface area contributed by atoms with Crippen molar-refractivity contribution >= 4 is 33.4 Å². The van der Waals surface area contributed by atoms with E-state index in [0.29, 0.717) is 5.65 Å². The molecule has 0 aliphatic carbocycles. The molecule has 20 heavy (non-hydrogen) atoms. The number of aromatic nitrogens is 5. The minimum Gasteiger partial charge on any atom is -0.340 e. The molecule has 6 heteroatoms. The lowest BCUT2D eigenvalue weighted by atomic mass is 10.2. The van der Waals surface area contributed by atoms with Crippen LogP contribution in [0.4, 0.5) is 11.5 Å². The van der Waals surface area contributed by atoms with E-state index in [1.807, 2.05) is 30.3 Å². The maximum atomic E-state index is 4.28. The van der Waals surface area contributed by atoms with E-state index in [2.05, 4.69) is 30.5 Å². The fourth-order valence-electron chi connectivity index (χ4n) is 2.15. The molecular weight excluding hydrogens is 252 g/mol. The van der Waals surface area contributed by atoms with Crippen LogP contribution in [0, 0.1) is 0 Å². The second-order valence-electron chi connectivity index (χ2n) is 4.39. The van der Waals surface area contributed by atoms with Gasteiger partial charge in [0.15, 0.2) is 5.65 Å². The van der Waals surface area contributed by atoms with Crippen LogP contribution in [-0.2, 0) is 0 Å². The number of pyridine rings is 1. The van der Waals surface area contributed by atoms with Gasteiger partial charge in [-0.05, 0) is 30.3 Å². The number of hydrogen-bond donors (Lipinski definition) is 2. The summed E-state index contributed by atoms with van der Waals surface area (Å²) in [6.45, 7) is 0. The highest BCUT2D eigenvalue weighted by Gasteiger charge is 2.05. The van der Waals surface area contributed by atoms with Crippen molar-refractivity contribution in [1.29, 1.82) is 0 Å². The van der Waals surface area contributed by atoms with Crippen molar-refractivity contribution in [2.24, 2.45) is 0 Å². The highest BCUT2D eigenvalue weighted by Crippen LogP contribution is 2.23. The molecule has 0 amide bonds. The van der Waals surface area contributed by atoms with Gasteiger partial charge in [0.1, 0.15) is 12.1 Å². The predicted octanol–water partition coefficient (Wildman–Crippen LogP) is 2.64. The lowest BCUT2D eigenvalue weighted by molar-refractivity contribution is 1.12. The van der Waals surface area contributed by atoms with Gasteiger partial charge in [0.2, 0.25) is 0 Å². The van der Waals surface area contributed by atoms with Crippen LogP contribution in [-0.4, -0.2) is 25.1 Å². The number of aromatic amines is 1. The number of anilines is 2. The van der Waals surface area contributed by atoms with Crippen LogP contribution < -0.4 is 5.32 Å². The molecule has 0 fully saturated rings. The third-order valence-corrected chi connectivity index (χ3v) is 3.11. The van der Waals surface area contributed by atoms with Crippen LogP contribution >= 0.6 is 0 Å². The first-order valence-corrected chi connectivity index (χ1v) is 6.16. The third-order valence-electron chi connectivity index (χ3n) is 3.11. The van der Waals surface area contributed by atoms with Gasteiger partial charge in [-0.1, -0.05) is 0 Å². The Morgan fingerprint density at radius 3 is 3.05 bits per heavy atom. The third kappa shape index (κ3) is 1.74. The van der Waals surface area contributed by atoms with Crippen LogP contribution in [0.1, 0.15) is 0 Å². The second kappa shape index (κ2) is 4.27. The van der Waals surface area contributed by atoms with E-state index in [-0.39, 0.29) is 0 Å². The molecule has 3 heterocycles. The first kappa shape index (κ1) is 10.9. The zero-order valence-corrected chi connectivity index (χ0v) is 10.4. The monoisotopic (exact) mass is 262 g/mol. The molecular formula is C14H10N6. The molecule has 96 valence electrons. The lowest BCUT2D eigenvalue weighted by Crippen LogP contribution is -1.96. The van der Waals surface area contributed by atoms with Gasteiger partial charge in [0.25, 0.3) is 0 Å². The number of benzene rings is 1. The summed E-state index contributed by atoms with van der Waals surface area (Å²) in [6, 6.07) is 9.80. The molecule has 1 aromatic carbocycles. The van der Waals surface area contributed by atoms with E-state index in [1.54, 1.807) is 12.4 Å². The predicted molar refractivity (Wildman–Crippen MR) is 76.7 cm³/mol. The largest absolute Gasteiger partial charge is 0.340 e. The summed E-state index contributed by atoms with van der Waals surface area (Å²) in [5.41, 5.74) is 2.59. The summed E-state index contributed by atoms with van der Waals surface area (Å²) in [5.74, 6) is 0.738. The first-order valence-electron chi connectivity index (χ1n) is 6.16. The number of hydrogen-bond acceptors (Lipinski definition) is 5. The summed E-state index contributed by atoms with van der Waals surface area (Å²) < 4.78 is 0. The van der Waals surface area contributed by atoms with Gasteiger partial charge in [0, 0.05) is 17.3 Å². The summed E-state index contributed by atoms with van der Waals surface area (Å²) in [4.78, 5) is 12.6. The first-order chi connectivity index (χ1) is 9.90. The topological polar surface area (TPSA) is 79.4 Å². The normalized spacial score (nSPS) is 11.0. The minimum absolute atomic E-state index is 0.674. The standard InChI is InChI=1S/C14H10N6/c1-2-11-13(15-5-1)16-8-17-14(11)19-10-4-3-9-7-18-20-12(9)6-10/h1-8H,(H,18,20)(H,15,16,17,19). The van der Waals surface area contributed by atoms with Crippen molar-refractivity contribution < 1.29 is 0 Å². The van der Waals surface area contributed by atoms with Crippen LogP contribution in [0.3, 0.4) is 0 Å². The summed E-state index contributed by atoms with van der Waals surface area (Å²) in [6.07, 6.45) is 5.02. The Morgan fingerprint density at radius 1 is 1.05 bits per heavy atom. The number of H-pyrrole nitrogens is 1. The maximum Gasteiger partial charge on any atom is 0.164 e. The Kier molecular flexibility index (Phi) is 2.32. The zero-order valence-electron chi connectivity index (χ0n) is 10.4. The van der Waals surface area contributed by atoms with Crippen LogP contribution in [0.25, 0.3) is 21.9 Å². The van der Waals surface area contributed by atoms with Crippen LogP contribution in [0.2, 0.25) is 0 Å². The highest BCUT2D eigenvalue weighted by atomic mass is 15.1. The molecule has 0 unspecified atom stereocenters. The molecule has 0 atom stereocenters. The highest BCUT2D eigenvalue weighted by molar-refractivity contribution is 5.89. The maximum absolute atomic E-state index is 4.28. The van der Waals surface area contributed by atoms with Crippen molar-refractivity contribution in [3.05, 3.63) is 49.1 Å². The molecule has 0 saturated heterocycles. The van der Waals surface area contributed by atoms with Crippen molar-refractivity contribution in [2.45, 2.75) is 0 Å². The van der Waals surface area contributed by atoms with Gasteiger partial charge in [-0.2, -0.15) is 5.10 Å². The van der Waals surface area contributed by atoms with E-state index in [9.17, 15) is 0 Å². The molecule has 4 rings (SSSR count). The fraction of sp³-hybridized carbons (Fsp3) is 0. The van der Waals surface area contributed by atoms with Crippen molar-refractivity contribution in [3.8, 4) is 0 Å². The number of nitrogens with one attached hydrogen (secondary N) is 2. The average Bonchev–Trinajstić information content (AvgIpc) is 2.95. The van der Waals surface area contributed by atoms with Gasteiger partial charge >= 0.3 is 0 Å². The Morgan fingerprint density at radius 2 is 2.05 bits per heavy atom. The molecule has 0 radical (unpaired) electrons. The molecule has 3 aromatic heterocycles. The van der Waals surface area contributed by atoms with Gasteiger partial charge in [-0.3, -0.25) is 5.10 Å². The van der Waals surface area contributed by atoms with Crippen molar-refractivity contribution in [2.75, 3.05) is 5.32 Å². The summed E-state index contributed by atoms with van der Waals surface area (Å²) in [5, 5.41) is 12.2. The van der Waals surface area contributed by atoms with E-state index in [1.165, 1.54) is 6.33 Å². The Balaban J connectivity index is 1.80.